The molecule has 1 N–H and O–H groups in total. The van der Waals surface area contributed by atoms with Crippen LogP contribution in [0.25, 0.3) is 0 Å². The SMILES string of the molecule is CCCCCCN1C(=O)[C@H](CC(=O)O)N(Cc2cc3c(cc2Cl)OCO3)C1=O. The first kappa shape index (κ1) is 20.3. The number of hydrogen-bond acceptors (Lipinski definition) is 5. The monoisotopic (exact) mass is 410 g/mol. The molecule has 9 heteroatoms. The molecular formula is C19H23ClN2O6. The van der Waals surface area contributed by atoms with E-state index in [9.17, 15) is 19.5 Å². The van der Waals surface area contributed by atoms with Crippen LogP contribution >= 0.6 is 11.6 Å². The van der Waals surface area contributed by atoms with E-state index in [1.807, 2.05) is 0 Å². The number of carboxylic acids is 1. The number of fused-ring (bicyclic) bond motifs is 1. The summed E-state index contributed by atoms with van der Waals surface area (Å²) in [5.74, 6) is -0.595. The zero-order valence-electron chi connectivity index (χ0n) is 15.6. The van der Waals surface area contributed by atoms with Gasteiger partial charge in [-0.25, -0.2) is 4.79 Å². The lowest BCUT2D eigenvalue weighted by molar-refractivity contribution is -0.141. The highest BCUT2D eigenvalue weighted by Crippen LogP contribution is 2.38. The first-order valence-electron chi connectivity index (χ1n) is 9.34. The summed E-state index contributed by atoms with van der Waals surface area (Å²) in [5.41, 5.74) is 0.565. The van der Waals surface area contributed by atoms with Crippen molar-refractivity contribution in [3.05, 3.63) is 22.7 Å². The molecule has 0 unspecified atom stereocenters. The highest BCUT2D eigenvalue weighted by molar-refractivity contribution is 6.31. The van der Waals surface area contributed by atoms with Crippen molar-refractivity contribution in [1.82, 2.24) is 9.80 Å². The van der Waals surface area contributed by atoms with Crippen molar-refractivity contribution in [3.8, 4) is 11.5 Å². The summed E-state index contributed by atoms with van der Waals surface area (Å²) in [6.07, 6.45) is 3.22. The Hall–Kier alpha value is -2.48. The van der Waals surface area contributed by atoms with Crippen LogP contribution in [0.4, 0.5) is 4.79 Å². The molecule has 1 aromatic carbocycles. The summed E-state index contributed by atoms with van der Waals surface area (Å²) in [4.78, 5) is 39.3. The van der Waals surface area contributed by atoms with E-state index in [4.69, 9.17) is 21.1 Å². The van der Waals surface area contributed by atoms with Gasteiger partial charge in [0.2, 0.25) is 6.79 Å². The highest BCUT2D eigenvalue weighted by atomic mass is 35.5. The molecule has 2 aliphatic rings. The molecule has 2 heterocycles. The van der Waals surface area contributed by atoms with Crippen LogP contribution in [0.15, 0.2) is 12.1 Å². The van der Waals surface area contributed by atoms with Crippen LogP contribution in [0.1, 0.15) is 44.6 Å². The van der Waals surface area contributed by atoms with Gasteiger partial charge in [0.25, 0.3) is 5.91 Å². The first-order valence-corrected chi connectivity index (χ1v) is 9.72. The predicted octanol–water partition coefficient (Wildman–Crippen LogP) is 3.26. The number of unbranched alkanes of at least 4 members (excludes halogenated alkanes) is 3. The lowest BCUT2D eigenvalue weighted by Crippen LogP contribution is -2.36. The minimum atomic E-state index is -1.14. The topological polar surface area (TPSA) is 96.4 Å². The molecule has 0 aliphatic carbocycles. The number of halogens is 1. The molecule has 0 bridgehead atoms. The summed E-state index contributed by atoms with van der Waals surface area (Å²) in [7, 11) is 0. The van der Waals surface area contributed by atoms with Gasteiger partial charge in [-0.2, -0.15) is 0 Å². The Kier molecular flexibility index (Phi) is 6.28. The zero-order chi connectivity index (χ0) is 20.3. The Morgan fingerprint density at radius 2 is 1.93 bits per heavy atom. The van der Waals surface area contributed by atoms with E-state index in [2.05, 4.69) is 6.92 Å². The molecule has 8 nitrogen and oxygen atoms in total. The number of hydrogen-bond donors (Lipinski definition) is 1. The Morgan fingerprint density at radius 1 is 1.21 bits per heavy atom. The van der Waals surface area contributed by atoms with E-state index < -0.39 is 30.4 Å². The molecular weight excluding hydrogens is 388 g/mol. The standard InChI is InChI=1S/C19H23ClN2O6/c1-2-3-4-5-6-21-18(25)14(9-17(23)24)22(19(21)26)10-12-7-15-16(8-13(12)20)28-11-27-15/h7-8,14H,2-6,9-11H2,1H3,(H,23,24)/t14-/m0/s1. The predicted molar refractivity (Wildman–Crippen MR) is 100 cm³/mol. The Bertz CT molecular complexity index is 784. The number of carbonyl (C=O) groups is 3. The quantitative estimate of drug-likeness (QED) is 0.495. The van der Waals surface area contributed by atoms with Crippen molar-refractivity contribution in [2.75, 3.05) is 13.3 Å². The number of carbonyl (C=O) groups excluding carboxylic acids is 2. The third kappa shape index (κ3) is 4.16. The number of imide groups is 1. The lowest BCUT2D eigenvalue weighted by Gasteiger charge is -2.21. The van der Waals surface area contributed by atoms with Crippen molar-refractivity contribution in [3.63, 3.8) is 0 Å². The van der Waals surface area contributed by atoms with Crippen LogP contribution < -0.4 is 9.47 Å². The minimum absolute atomic E-state index is 0.0173. The van der Waals surface area contributed by atoms with Gasteiger partial charge in [0.15, 0.2) is 11.5 Å². The van der Waals surface area contributed by atoms with Crippen molar-refractivity contribution < 1.29 is 29.0 Å². The summed E-state index contributed by atoms with van der Waals surface area (Å²) in [6, 6.07) is 1.72. The molecule has 0 aromatic heterocycles. The molecule has 0 radical (unpaired) electrons. The molecule has 1 saturated heterocycles. The second-order valence-corrected chi connectivity index (χ2v) is 7.28. The molecule has 3 amide bonds. The maximum absolute atomic E-state index is 12.9. The van der Waals surface area contributed by atoms with E-state index in [0.29, 0.717) is 35.1 Å². The summed E-state index contributed by atoms with van der Waals surface area (Å²) in [6.45, 7) is 2.47. The summed E-state index contributed by atoms with van der Waals surface area (Å²) in [5, 5.41) is 9.57. The summed E-state index contributed by atoms with van der Waals surface area (Å²) < 4.78 is 10.6. The van der Waals surface area contributed by atoms with Crippen molar-refractivity contribution >= 4 is 29.5 Å². The van der Waals surface area contributed by atoms with Crippen LogP contribution in [0.5, 0.6) is 11.5 Å². The average Bonchev–Trinajstić information content (AvgIpc) is 3.17. The van der Waals surface area contributed by atoms with Gasteiger partial charge in [0, 0.05) is 24.2 Å². The van der Waals surface area contributed by atoms with E-state index in [0.717, 1.165) is 24.2 Å². The Labute approximate surface area is 167 Å². The second kappa shape index (κ2) is 8.68. The number of nitrogens with zero attached hydrogens (tertiary/aromatic N) is 2. The van der Waals surface area contributed by atoms with Gasteiger partial charge in [-0.3, -0.25) is 14.5 Å². The molecule has 28 heavy (non-hydrogen) atoms. The maximum atomic E-state index is 12.9. The minimum Gasteiger partial charge on any atom is -0.481 e. The van der Waals surface area contributed by atoms with Gasteiger partial charge in [-0.05, 0) is 18.1 Å². The van der Waals surface area contributed by atoms with Crippen molar-refractivity contribution in [2.45, 2.75) is 51.6 Å². The number of amides is 3. The normalized spacial score (nSPS) is 18.3. The Balaban J connectivity index is 1.79. The van der Waals surface area contributed by atoms with Crippen LogP contribution in [0, 0.1) is 0 Å². The van der Waals surface area contributed by atoms with Gasteiger partial charge in [0.1, 0.15) is 6.04 Å². The number of carboxylic acid groups (broad SMARTS) is 1. The molecule has 1 atom stereocenters. The van der Waals surface area contributed by atoms with Crippen LogP contribution in [-0.4, -0.2) is 52.2 Å². The second-order valence-electron chi connectivity index (χ2n) is 6.87. The van der Waals surface area contributed by atoms with Crippen LogP contribution in [0.3, 0.4) is 0 Å². The van der Waals surface area contributed by atoms with E-state index in [1.54, 1.807) is 12.1 Å². The molecule has 2 aliphatic heterocycles. The van der Waals surface area contributed by atoms with Crippen LogP contribution in [0.2, 0.25) is 5.02 Å². The largest absolute Gasteiger partial charge is 0.481 e. The smallest absolute Gasteiger partial charge is 0.327 e. The van der Waals surface area contributed by atoms with Gasteiger partial charge >= 0.3 is 12.0 Å². The van der Waals surface area contributed by atoms with E-state index in [1.165, 1.54) is 4.90 Å². The fraction of sp³-hybridized carbons (Fsp3) is 0.526. The fourth-order valence-corrected chi connectivity index (χ4v) is 3.62. The maximum Gasteiger partial charge on any atom is 0.327 e. The van der Waals surface area contributed by atoms with Gasteiger partial charge in [-0.15, -0.1) is 0 Å². The molecule has 3 rings (SSSR count). The van der Waals surface area contributed by atoms with Crippen LogP contribution in [-0.2, 0) is 16.1 Å². The average molecular weight is 411 g/mol. The number of rotatable bonds is 9. The molecule has 0 saturated carbocycles. The third-order valence-corrected chi connectivity index (χ3v) is 5.24. The Morgan fingerprint density at radius 3 is 2.61 bits per heavy atom. The number of urea groups is 1. The van der Waals surface area contributed by atoms with Crippen molar-refractivity contribution in [2.24, 2.45) is 0 Å². The third-order valence-electron chi connectivity index (χ3n) is 4.89. The van der Waals surface area contributed by atoms with Gasteiger partial charge in [0.05, 0.1) is 6.42 Å². The molecule has 1 fully saturated rings. The molecule has 152 valence electrons. The molecule has 0 spiro atoms. The van der Waals surface area contributed by atoms with Gasteiger partial charge in [-0.1, -0.05) is 37.8 Å². The van der Waals surface area contributed by atoms with Gasteiger partial charge < -0.3 is 19.5 Å². The number of aliphatic carboxylic acids is 1. The van der Waals surface area contributed by atoms with E-state index in [-0.39, 0.29) is 13.3 Å². The fourth-order valence-electron chi connectivity index (χ4n) is 3.40. The first-order chi connectivity index (χ1) is 13.4. The molecule has 1 aromatic rings. The highest BCUT2D eigenvalue weighted by Gasteiger charge is 2.45. The lowest BCUT2D eigenvalue weighted by atomic mass is 10.1. The summed E-state index contributed by atoms with van der Waals surface area (Å²) >= 11 is 6.29. The van der Waals surface area contributed by atoms with E-state index >= 15 is 0 Å². The number of benzene rings is 1. The zero-order valence-corrected chi connectivity index (χ0v) is 16.4. The van der Waals surface area contributed by atoms with Crippen molar-refractivity contribution in [1.29, 1.82) is 0 Å². The number of ether oxygens (including phenoxy) is 2.